The molecule has 0 saturated heterocycles. The van der Waals surface area contributed by atoms with Gasteiger partial charge in [0.25, 0.3) is 0 Å². The standard InChI is InChI=1S/C16H12ClF4NOS/c17-14-6-5-12(7-13(14)16(19,20)21)22-15(23)9-24-8-10-1-3-11(18)4-2-10/h1-7H,8-9H2,(H,22,23). The fourth-order valence-electron chi connectivity index (χ4n) is 1.86. The van der Waals surface area contributed by atoms with Gasteiger partial charge in [-0.2, -0.15) is 13.2 Å². The molecule has 2 rings (SSSR count). The van der Waals surface area contributed by atoms with Crippen molar-refractivity contribution in [1.29, 1.82) is 0 Å². The van der Waals surface area contributed by atoms with Crippen molar-refractivity contribution >= 4 is 35.0 Å². The third-order valence-electron chi connectivity index (χ3n) is 2.97. The van der Waals surface area contributed by atoms with Gasteiger partial charge >= 0.3 is 6.18 Å². The van der Waals surface area contributed by atoms with Gasteiger partial charge in [0.1, 0.15) is 5.82 Å². The highest BCUT2D eigenvalue weighted by atomic mass is 35.5. The van der Waals surface area contributed by atoms with Crippen LogP contribution < -0.4 is 5.32 Å². The molecule has 0 aromatic heterocycles. The molecule has 1 amide bonds. The molecule has 0 atom stereocenters. The fraction of sp³-hybridized carbons (Fsp3) is 0.188. The van der Waals surface area contributed by atoms with Gasteiger partial charge in [-0.1, -0.05) is 23.7 Å². The second-order valence-electron chi connectivity index (χ2n) is 4.86. The molecular weight excluding hydrogens is 366 g/mol. The van der Waals surface area contributed by atoms with E-state index in [0.29, 0.717) is 5.75 Å². The molecule has 24 heavy (non-hydrogen) atoms. The van der Waals surface area contributed by atoms with Crippen LogP contribution in [0.25, 0.3) is 0 Å². The summed E-state index contributed by atoms with van der Waals surface area (Å²) in [6, 6.07) is 9.05. The molecule has 0 heterocycles. The number of hydrogen-bond acceptors (Lipinski definition) is 2. The number of carbonyl (C=O) groups excluding carboxylic acids is 1. The molecule has 0 aliphatic heterocycles. The van der Waals surface area contributed by atoms with Crippen molar-refractivity contribution in [3.05, 3.63) is 64.4 Å². The first-order chi connectivity index (χ1) is 11.3. The molecule has 0 unspecified atom stereocenters. The minimum Gasteiger partial charge on any atom is -0.325 e. The zero-order valence-corrected chi connectivity index (χ0v) is 13.7. The van der Waals surface area contributed by atoms with Gasteiger partial charge in [0, 0.05) is 11.4 Å². The highest BCUT2D eigenvalue weighted by molar-refractivity contribution is 7.99. The maximum Gasteiger partial charge on any atom is 0.417 e. The summed E-state index contributed by atoms with van der Waals surface area (Å²) in [6.45, 7) is 0. The van der Waals surface area contributed by atoms with Crippen LogP contribution in [0.3, 0.4) is 0 Å². The first-order valence-corrected chi connectivity index (χ1v) is 8.28. The van der Waals surface area contributed by atoms with E-state index >= 15 is 0 Å². The summed E-state index contributed by atoms with van der Waals surface area (Å²) in [6.07, 6.45) is -4.59. The minimum atomic E-state index is -4.59. The highest BCUT2D eigenvalue weighted by Crippen LogP contribution is 2.36. The molecule has 2 aromatic carbocycles. The monoisotopic (exact) mass is 377 g/mol. The van der Waals surface area contributed by atoms with Gasteiger partial charge in [-0.05, 0) is 35.9 Å². The number of carbonyl (C=O) groups is 1. The Hall–Kier alpha value is -1.73. The molecule has 0 aliphatic carbocycles. The van der Waals surface area contributed by atoms with Crippen molar-refractivity contribution in [1.82, 2.24) is 0 Å². The Kier molecular flexibility index (Phi) is 6.12. The van der Waals surface area contributed by atoms with Gasteiger partial charge in [0.2, 0.25) is 5.91 Å². The van der Waals surface area contributed by atoms with E-state index in [4.69, 9.17) is 11.6 Å². The largest absolute Gasteiger partial charge is 0.417 e. The van der Waals surface area contributed by atoms with Crippen LogP contribution >= 0.6 is 23.4 Å². The summed E-state index contributed by atoms with van der Waals surface area (Å²) < 4.78 is 51.0. The predicted octanol–water partition coefficient (Wildman–Crippen LogP) is 5.37. The van der Waals surface area contributed by atoms with Gasteiger partial charge in [0.15, 0.2) is 0 Å². The van der Waals surface area contributed by atoms with Crippen LogP contribution in [0.15, 0.2) is 42.5 Å². The van der Waals surface area contributed by atoms with Crippen molar-refractivity contribution in [2.45, 2.75) is 11.9 Å². The second-order valence-corrected chi connectivity index (χ2v) is 6.25. The SMILES string of the molecule is O=C(CSCc1ccc(F)cc1)Nc1ccc(Cl)c(C(F)(F)F)c1. The molecule has 2 nitrogen and oxygen atoms in total. The topological polar surface area (TPSA) is 29.1 Å². The van der Waals surface area contributed by atoms with Crippen LogP contribution in [0.1, 0.15) is 11.1 Å². The molecule has 0 aliphatic rings. The second kappa shape index (κ2) is 7.90. The Bertz CT molecular complexity index is 719. The summed E-state index contributed by atoms with van der Waals surface area (Å²) in [5.41, 5.74) is -0.125. The van der Waals surface area contributed by atoms with E-state index in [1.165, 1.54) is 30.0 Å². The predicted molar refractivity (Wildman–Crippen MR) is 87.6 cm³/mol. The Morgan fingerprint density at radius 1 is 1.12 bits per heavy atom. The van der Waals surface area contributed by atoms with Crippen LogP contribution in [0, 0.1) is 5.82 Å². The average Bonchev–Trinajstić information content (AvgIpc) is 2.50. The molecular formula is C16H12ClF4NOS. The number of hydrogen-bond donors (Lipinski definition) is 1. The van der Waals surface area contributed by atoms with Crippen LogP contribution in [0.5, 0.6) is 0 Å². The lowest BCUT2D eigenvalue weighted by Crippen LogP contribution is -2.15. The third-order valence-corrected chi connectivity index (χ3v) is 4.30. The minimum absolute atomic E-state index is 0.0270. The summed E-state index contributed by atoms with van der Waals surface area (Å²) >= 11 is 6.79. The summed E-state index contributed by atoms with van der Waals surface area (Å²) in [7, 11) is 0. The quantitative estimate of drug-likeness (QED) is 0.710. The van der Waals surface area contributed by atoms with E-state index in [9.17, 15) is 22.4 Å². The molecule has 1 N–H and O–H groups in total. The van der Waals surface area contributed by atoms with Gasteiger partial charge < -0.3 is 5.32 Å². The van der Waals surface area contributed by atoms with Crippen molar-refractivity contribution in [3.8, 4) is 0 Å². The van der Waals surface area contributed by atoms with Crippen molar-refractivity contribution in [2.75, 3.05) is 11.1 Å². The Morgan fingerprint density at radius 2 is 1.79 bits per heavy atom. The Labute approximate surface area is 145 Å². The number of halogens is 5. The zero-order chi connectivity index (χ0) is 17.7. The van der Waals surface area contributed by atoms with Gasteiger partial charge in [-0.3, -0.25) is 4.79 Å². The normalized spacial score (nSPS) is 11.4. The van der Waals surface area contributed by atoms with Crippen LogP contribution in [-0.4, -0.2) is 11.7 Å². The van der Waals surface area contributed by atoms with Gasteiger partial charge in [0.05, 0.1) is 16.3 Å². The number of rotatable bonds is 5. The van der Waals surface area contributed by atoms with Crippen LogP contribution in [-0.2, 0) is 16.7 Å². The number of anilines is 1. The number of amides is 1. The molecule has 128 valence electrons. The summed E-state index contributed by atoms with van der Waals surface area (Å²) in [5, 5.41) is 1.97. The summed E-state index contributed by atoms with van der Waals surface area (Å²) in [4.78, 5) is 11.8. The summed E-state index contributed by atoms with van der Waals surface area (Å²) in [5.74, 6) is -0.231. The fourth-order valence-corrected chi connectivity index (χ4v) is 2.87. The number of benzene rings is 2. The molecule has 0 spiro atoms. The third kappa shape index (κ3) is 5.42. The van der Waals surface area contributed by atoms with E-state index in [2.05, 4.69) is 5.32 Å². The van der Waals surface area contributed by atoms with E-state index in [0.717, 1.165) is 17.7 Å². The maximum atomic E-state index is 12.8. The van der Waals surface area contributed by atoms with Crippen LogP contribution in [0.4, 0.5) is 23.2 Å². The zero-order valence-electron chi connectivity index (χ0n) is 12.2. The smallest absolute Gasteiger partial charge is 0.325 e. The van der Waals surface area contributed by atoms with E-state index < -0.39 is 22.7 Å². The van der Waals surface area contributed by atoms with E-state index in [1.54, 1.807) is 12.1 Å². The van der Waals surface area contributed by atoms with Gasteiger partial charge in [-0.25, -0.2) is 4.39 Å². The molecule has 2 aromatic rings. The van der Waals surface area contributed by atoms with Crippen molar-refractivity contribution in [3.63, 3.8) is 0 Å². The molecule has 0 saturated carbocycles. The molecule has 8 heteroatoms. The lowest BCUT2D eigenvalue weighted by molar-refractivity contribution is -0.137. The van der Waals surface area contributed by atoms with Crippen molar-refractivity contribution in [2.24, 2.45) is 0 Å². The molecule has 0 fully saturated rings. The first-order valence-electron chi connectivity index (χ1n) is 6.74. The Morgan fingerprint density at radius 3 is 2.42 bits per heavy atom. The lowest BCUT2D eigenvalue weighted by atomic mass is 10.2. The van der Waals surface area contributed by atoms with Crippen LogP contribution in [0.2, 0.25) is 5.02 Å². The Balaban J connectivity index is 1.89. The number of alkyl halides is 3. The lowest BCUT2D eigenvalue weighted by Gasteiger charge is -2.11. The van der Waals surface area contributed by atoms with Crippen molar-refractivity contribution < 1.29 is 22.4 Å². The number of thioether (sulfide) groups is 1. The number of nitrogens with one attached hydrogen (secondary N) is 1. The highest BCUT2D eigenvalue weighted by Gasteiger charge is 2.33. The van der Waals surface area contributed by atoms with E-state index in [1.807, 2.05) is 0 Å². The van der Waals surface area contributed by atoms with E-state index in [-0.39, 0.29) is 17.3 Å². The molecule has 0 bridgehead atoms. The van der Waals surface area contributed by atoms with Gasteiger partial charge in [-0.15, -0.1) is 11.8 Å². The molecule has 0 radical (unpaired) electrons. The maximum absolute atomic E-state index is 12.8. The first kappa shape index (κ1) is 18.6. The average molecular weight is 378 g/mol.